The van der Waals surface area contributed by atoms with Crippen LogP contribution in [0.1, 0.15) is 24.3 Å². The molecule has 5 heteroatoms. The summed E-state index contributed by atoms with van der Waals surface area (Å²) in [7, 11) is 1.65. The van der Waals surface area contributed by atoms with Crippen LogP contribution in [0.2, 0.25) is 0 Å². The van der Waals surface area contributed by atoms with Crippen molar-refractivity contribution in [3.05, 3.63) is 72.2 Å². The van der Waals surface area contributed by atoms with Crippen LogP contribution in [0.25, 0.3) is 11.3 Å². The first-order chi connectivity index (χ1) is 13.2. The van der Waals surface area contributed by atoms with Crippen molar-refractivity contribution in [3.63, 3.8) is 0 Å². The van der Waals surface area contributed by atoms with Gasteiger partial charge in [-0.25, -0.2) is 4.98 Å². The molecule has 2 aromatic carbocycles. The van der Waals surface area contributed by atoms with E-state index in [2.05, 4.69) is 10.3 Å². The molecule has 3 rings (SSSR count). The van der Waals surface area contributed by atoms with E-state index >= 15 is 0 Å². The van der Waals surface area contributed by atoms with Gasteiger partial charge in [0.25, 0.3) is 0 Å². The number of ether oxygens (including phenoxy) is 1. The molecule has 0 atom stereocenters. The van der Waals surface area contributed by atoms with Crippen LogP contribution >= 0.6 is 0 Å². The lowest BCUT2D eigenvalue weighted by molar-refractivity contribution is -0.121. The lowest BCUT2D eigenvalue weighted by atomic mass is 10.1. The van der Waals surface area contributed by atoms with Crippen molar-refractivity contribution in [2.24, 2.45) is 0 Å². The molecule has 0 radical (unpaired) electrons. The lowest BCUT2D eigenvalue weighted by Crippen LogP contribution is -2.25. The standard InChI is InChI=1S/C22H24N2O3/c1-26-19-12-10-17(11-13-19)14-15-23-21(25)8-5-9-22-24-16-20(27-22)18-6-3-2-4-7-18/h2-4,6-7,10-13,16H,5,8-9,14-15H2,1H3,(H,23,25). The summed E-state index contributed by atoms with van der Waals surface area (Å²) in [6, 6.07) is 17.8. The summed E-state index contributed by atoms with van der Waals surface area (Å²) in [5, 5.41) is 2.96. The molecule has 0 bridgehead atoms. The van der Waals surface area contributed by atoms with Gasteiger partial charge in [0.2, 0.25) is 5.91 Å². The summed E-state index contributed by atoms with van der Waals surface area (Å²) < 4.78 is 10.9. The van der Waals surface area contributed by atoms with E-state index in [0.29, 0.717) is 31.7 Å². The third kappa shape index (κ3) is 5.71. The minimum absolute atomic E-state index is 0.0540. The molecule has 0 saturated heterocycles. The van der Waals surface area contributed by atoms with Gasteiger partial charge in [-0.05, 0) is 30.5 Å². The highest BCUT2D eigenvalue weighted by molar-refractivity contribution is 5.75. The highest BCUT2D eigenvalue weighted by Crippen LogP contribution is 2.20. The van der Waals surface area contributed by atoms with Crippen LogP contribution in [0.3, 0.4) is 0 Å². The third-order valence-electron chi connectivity index (χ3n) is 4.30. The van der Waals surface area contributed by atoms with E-state index in [1.165, 1.54) is 5.56 Å². The quantitative estimate of drug-likeness (QED) is 0.622. The van der Waals surface area contributed by atoms with E-state index in [1.54, 1.807) is 13.3 Å². The van der Waals surface area contributed by atoms with Crippen LogP contribution in [0.15, 0.2) is 65.2 Å². The van der Waals surface area contributed by atoms with Gasteiger partial charge < -0.3 is 14.5 Å². The van der Waals surface area contributed by atoms with Gasteiger partial charge in [-0.2, -0.15) is 0 Å². The smallest absolute Gasteiger partial charge is 0.220 e. The summed E-state index contributed by atoms with van der Waals surface area (Å²) in [5.41, 5.74) is 2.18. The fraction of sp³-hybridized carbons (Fsp3) is 0.273. The zero-order chi connectivity index (χ0) is 18.9. The molecule has 27 heavy (non-hydrogen) atoms. The van der Waals surface area contributed by atoms with Crippen LogP contribution in [-0.4, -0.2) is 24.5 Å². The molecule has 3 aromatic rings. The summed E-state index contributed by atoms with van der Waals surface area (Å²) in [6.45, 7) is 0.627. The zero-order valence-electron chi connectivity index (χ0n) is 15.5. The number of aromatic nitrogens is 1. The van der Waals surface area contributed by atoms with Crippen LogP contribution in [0.5, 0.6) is 5.75 Å². The Labute approximate surface area is 159 Å². The van der Waals surface area contributed by atoms with Gasteiger partial charge >= 0.3 is 0 Å². The second-order valence-corrected chi connectivity index (χ2v) is 6.29. The van der Waals surface area contributed by atoms with Gasteiger partial charge in [0.15, 0.2) is 11.7 Å². The van der Waals surface area contributed by atoms with E-state index in [1.807, 2.05) is 54.6 Å². The molecule has 1 aromatic heterocycles. The second kappa shape index (κ2) is 9.57. The topological polar surface area (TPSA) is 64.4 Å². The van der Waals surface area contributed by atoms with Crippen molar-refractivity contribution in [1.29, 1.82) is 0 Å². The van der Waals surface area contributed by atoms with E-state index < -0.39 is 0 Å². The first-order valence-electron chi connectivity index (χ1n) is 9.14. The van der Waals surface area contributed by atoms with E-state index in [-0.39, 0.29) is 5.91 Å². The molecule has 0 aliphatic heterocycles. The summed E-state index contributed by atoms with van der Waals surface area (Å²) >= 11 is 0. The Kier molecular flexibility index (Phi) is 6.63. The molecule has 0 spiro atoms. The Bertz CT molecular complexity index is 842. The number of methoxy groups -OCH3 is 1. The second-order valence-electron chi connectivity index (χ2n) is 6.29. The molecule has 0 fully saturated rings. The van der Waals surface area contributed by atoms with E-state index in [9.17, 15) is 4.79 Å². The SMILES string of the molecule is COc1ccc(CCNC(=O)CCCc2ncc(-c3ccccc3)o2)cc1. The summed E-state index contributed by atoms with van der Waals surface area (Å²) in [5.74, 6) is 2.32. The molecule has 1 amide bonds. The molecule has 0 aliphatic rings. The first kappa shape index (κ1) is 18.7. The van der Waals surface area contributed by atoms with Crippen LogP contribution in [-0.2, 0) is 17.6 Å². The number of carbonyl (C=O) groups is 1. The number of carbonyl (C=O) groups excluding carboxylic acids is 1. The first-order valence-corrected chi connectivity index (χ1v) is 9.14. The Hall–Kier alpha value is -3.08. The highest BCUT2D eigenvalue weighted by Gasteiger charge is 2.07. The van der Waals surface area contributed by atoms with Crippen LogP contribution in [0, 0.1) is 0 Å². The maximum atomic E-state index is 12.0. The summed E-state index contributed by atoms with van der Waals surface area (Å²) in [4.78, 5) is 16.3. The predicted molar refractivity (Wildman–Crippen MR) is 105 cm³/mol. The lowest BCUT2D eigenvalue weighted by Gasteiger charge is -2.06. The maximum Gasteiger partial charge on any atom is 0.220 e. The van der Waals surface area contributed by atoms with Gasteiger partial charge in [-0.1, -0.05) is 42.5 Å². The predicted octanol–water partition coefficient (Wildman–Crippen LogP) is 4.03. The average Bonchev–Trinajstić information content (AvgIpc) is 3.18. The molecule has 0 unspecified atom stereocenters. The number of amides is 1. The number of hydrogen-bond donors (Lipinski definition) is 1. The molecule has 0 saturated carbocycles. The number of hydrogen-bond acceptors (Lipinski definition) is 4. The number of oxazole rings is 1. The normalized spacial score (nSPS) is 10.6. The molecular formula is C22H24N2O3. The highest BCUT2D eigenvalue weighted by atomic mass is 16.5. The number of aryl methyl sites for hydroxylation is 1. The van der Waals surface area contributed by atoms with E-state index in [0.717, 1.165) is 23.5 Å². The fourth-order valence-corrected chi connectivity index (χ4v) is 2.79. The molecule has 0 aliphatic carbocycles. The Balaban J connectivity index is 1.35. The van der Waals surface area contributed by atoms with Crippen molar-refractivity contribution in [2.75, 3.05) is 13.7 Å². The fourth-order valence-electron chi connectivity index (χ4n) is 2.79. The molecular weight excluding hydrogens is 340 g/mol. The van der Waals surface area contributed by atoms with Crippen LogP contribution < -0.4 is 10.1 Å². The van der Waals surface area contributed by atoms with Crippen molar-refractivity contribution in [3.8, 4) is 17.1 Å². The van der Waals surface area contributed by atoms with Gasteiger partial charge in [-0.3, -0.25) is 4.79 Å². The minimum atomic E-state index is 0.0540. The molecule has 1 heterocycles. The Morgan fingerprint density at radius 3 is 2.59 bits per heavy atom. The number of nitrogens with zero attached hydrogens (tertiary/aromatic N) is 1. The van der Waals surface area contributed by atoms with Gasteiger partial charge in [0, 0.05) is 24.9 Å². The monoisotopic (exact) mass is 364 g/mol. The third-order valence-corrected chi connectivity index (χ3v) is 4.30. The maximum absolute atomic E-state index is 12.0. The van der Waals surface area contributed by atoms with Crippen molar-refractivity contribution < 1.29 is 13.9 Å². The van der Waals surface area contributed by atoms with Crippen molar-refractivity contribution >= 4 is 5.91 Å². The number of rotatable bonds is 9. The Morgan fingerprint density at radius 2 is 1.85 bits per heavy atom. The van der Waals surface area contributed by atoms with Gasteiger partial charge in [0.05, 0.1) is 13.3 Å². The van der Waals surface area contributed by atoms with Crippen molar-refractivity contribution in [1.82, 2.24) is 10.3 Å². The number of benzene rings is 2. The molecule has 140 valence electrons. The average molecular weight is 364 g/mol. The summed E-state index contributed by atoms with van der Waals surface area (Å²) in [6.07, 6.45) is 4.36. The Morgan fingerprint density at radius 1 is 1.07 bits per heavy atom. The van der Waals surface area contributed by atoms with Crippen LogP contribution in [0.4, 0.5) is 0 Å². The molecule has 5 nitrogen and oxygen atoms in total. The van der Waals surface area contributed by atoms with Gasteiger partial charge in [-0.15, -0.1) is 0 Å². The van der Waals surface area contributed by atoms with Gasteiger partial charge in [0.1, 0.15) is 5.75 Å². The number of nitrogens with one attached hydrogen (secondary N) is 1. The molecule has 1 N–H and O–H groups in total. The zero-order valence-corrected chi connectivity index (χ0v) is 15.5. The van der Waals surface area contributed by atoms with E-state index in [4.69, 9.17) is 9.15 Å². The largest absolute Gasteiger partial charge is 0.497 e. The van der Waals surface area contributed by atoms with Crippen molar-refractivity contribution in [2.45, 2.75) is 25.7 Å². The minimum Gasteiger partial charge on any atom is -0.497 e.